The lowest BCUT2D eigenvalue weighted by molar-refractivity contribution is -0.0562. The number of aliphatic hydroxyl groups is 1. The minimum atomic E-state index is -0.557. The summed E-state index contributed by atoms with van der Waals surface area (Å²) in [5.74, 6) is 2.27. The van der Waals surface area contributed by atoms with Crippen molar-refractivity contribution in [3.8, 4) is 17.0 Å². The number of halogens is 3. The molecule has 8 heteroatoms. The normalized spacial score (nSPS) is 24.2. The molecule has 1 aromatic carbocycles. The molecule has 2 bridgehead atoms. The van der Waals surface area contributed by atoms with Gasteiger partial charge in [-0.2, -0.15) is 0 Å². The Bertz CT molecular complexity index is 1050. The minimum absolute atomic E-state index is 0. The highest BCUT2D eigenvalue weighted by Gasteiger charge is 2.42. The van der Waals surface area contributed by atoms with Gasteiger partial charge in [-0.25, -0.2) is 4.98 Å². The summed E-state index contributed by atoms with van der Waals surface area (Å²) in [7, 11) is 1.67. The van der Waals surface area contributed by atoms with E-state index in [-0.39, 0.29) is 43.3 Å². The van der Waals surface area contributed by atoms with Crippen LogP contribution in [0, 0.1) is 11.8 Å². The Morgan fingerprint density at radius 1 is 1.18 bits per heavy atom. The summed E-state index contributed by atoms with van der Waals surface area (Å²) < 4.78 is 5.47. The van der Waals surface area contributed by atoms with Crippen molar-refractivity contribution < 1.29 is 9.84 Å². The fraction of sp³-hybridized carbons (Fsp3) is 0.440. The van der Waals surface area contributed by atoms with Crippen LogP contribution in [0.1, 0.15) is 37.9 Å². The predicted octanol–water partition coefficient (Wildman–Crippen LogP) is 5.72. The first kappa shape index (κ1) is 27.6. The molecular formula is C25H32Cl3N3O2. The summed E-state index contributed by atoms with van der Waals surface area (Å²) >= 11 is 0. The van der Waals surface area contributed by atoms with E-state index in [1.807, 2.05) is 42.6 Å². The monoisotopic (exact) mass is 511 g/mol. The van der Waals surface area contributed by atoms with Crippen LogP contribution in [0.15, 0.2) is 48.8 Å². The fourth-order valence-corrected chi connectivity index (χ4v) is 5.44. The molecule has 3 saturated heterocycles. The van der Waals surface area contributed by atoms with Gasteiger partial charge in [0.2, 0.25) is 0 Å². The standard InChI is InChI=1S/C25H29N3O2.3ClH/c1-3-16-15-28-10-8-17(16)11-24(28)25(29)21-13-23(18-5-4-9-26-14-18)27-22-7-6-19(30-2)12-20(21)22;;;/h4-7,9,12-14,16-17,24-25,29H,3,8,10-11,15H2,1-2H3;3*1H/t16-,17+,24-,25+;;;/m0.../s1. The van der Waals surface area contributed by atoms with E-state index >= 15 is 0 Å². The molecule has 5 nitrogen and oxygen atoms in total. The maximum absolute atomic E-state index is 11.6. The maximum atomic E-state index is 11.6. The van der Waals surface area contributed by atoms with Gasteiger partial charge in [0.1, 0.15) is 5.75 Å². The minimum Gasteiger partial charge on any atom is -0.497 e. The second-order valence-electron chi connectivity index (χ2n) is 8.68. The highest BCUT2D eigenvalue weighted by atomic mass is 35.5. The number of pyridine rings is 2. The number of fused-ring (bicyclic) bond motifs is 4. The molecule has 3 fully saturated rings. The molecule has 3 aromatic rings. The molecule has 5 atom stereocenters. The number of aliphatic hydroxyl groups excluding tert-OH is 1. The molecular weight excluding hydrogens is 481 g/mol. The van der Waals surface area contributed by atoms with Crippen LogP contribution in [0.3, 0.4) is 0 Å². The van der Waals surface area contributed by atoms with E-state index in [0.29, 0.717) is 0 Å². The van der Waals surface area contributed by atoms with Crippen LogP contribution in [-0.2, 0) is 0 Å². The lowest BCUT2D eigenvalue weighted by Crippen LogP contribution is -2.55. The van der Waals surface area contributed by atoms with E-state index in [0.717, 1.165) is 64.8 Å². The molecule has 33 heavy (non-hydrogen) atoms. The highest BCUT2D eigenvalue weighted by molar-refractivity contribution is 5.87. The summed E-state index contributed by atoms with van der Waals surface area (Å²) in [4.78, 5) is 11.6. The molecule has 1 unspecified atom stereocenters. The molecule has 1 N–H and O–H groups in total. The SMILES string of the molecule is CC[C@H]1CN2CC[C@@H]1C[C@H]2[C@H](O)c1cc(-c2cccnc2)nc2ccc(OC)cc12.Cl.Cl.Cl. The van der Waals surface area contributed by atoms with Crippen molar-refractivity contribution in [3.63, 3.8) is 0 Å². The molecule has 2 aromatic heterocycles. The summed E-state index contributed by atoms with van der Waals surface area (Å²) in [5.41, 5.74) is 3.61. The summed E-state index contributed by atoms with van der Waals surface area (Å²) in [6.07, 6.45) is 6.58. The number of methoxy groups -OCH3 is 1. The van der Waals surface area contributed by atoms with Crippen molar-refractivity contribution in [2.24, 2.45) is 11.8 Å². The van der Waals surface area contributed by atoms with Gasteiger partial charge < -0.3 is 9.84 Å². The smallest absolute Gasteiger partial charge is 0.119 e. The summed E-state index contributed by atoms with van der Waals surface area (Å²) in [6, 6.07) is 12.0. The molecule has 3 aliphatic rings. The molecule has 0 radical (unpaired) electrons. The largest absolute Gasteiger partial charge is 0.497 e. The van der Waals surface area contributed by atoms with Crippen molar-refractivity contribution in [2.75, 3.05) is 20.2 Å². The third-order valence-corrected chi connectivity index (χ3v) is 7.15. The number of ether oxygens (including phenoxy) is 1. The molecule has 0 amide bonds. The number of nitrogens with zero attached hydrogens (tertiary/aromatic N) is 3. The number of hydrogen-bond donors (Lipinski definition) is 1. The number of rotatable bonds is 5. The third kappa shape index (κ3) is 5.23. The van der Waals surface area contributed by atoms with Crippen molar-refractivity contribution in [3.05, 3.63) is 54.4 Å². The van der Waals surface area contributed by atoms with Crippen molar-refractivity contribution in [1.82, 2.24) is 14.9 Å². The Hall–Kier alpha value is -1.63. The second-order valence-corrected chi connectivity index (χ2v) is 8.68. The summed E-state index contributed by atoms with van der Waals surface area (Å²) in [6.45, 7) is 4.48. The van der Waals surface area contributed by atoms with Crippen molar-refractivity contribution in [1.29, 1.82) is 0 Å². The number of hydrogen-bond acceptors (Lipinski definition) is 5. The zero-order chi connectivity index (χ0) is 20.7. The lowest BCUT2D eigenvalue weighted by Gasteiger charge is -2.51. The van der Waals surface area contributed by atoms with Crippen molar-refractivity contribution >= 4 is 48.1 Å². The van der Waals surface area contributed by atoms with Crippen LogP contribution >= 0.6 is 37.2 Å². The first-order valence-electron chi connectivity index (χ1n) is 11.0. The van der Waals surface area contributed by atoms with E-state index in [2.05, 4.69) is 16.8 Å². The number of aromatic nitrogens is 2. The van der Waals surface area contributed by atoms with Crippen LogP contribution in [0.4, 0.5) is 0 Å². The second kappa shape index (κ2) is 11.7. The van der Waals surface area contributed by atoms with E-state index in [4.69, 9.17) is 9.72 Å². The van der Waals surface area contributed by atoms with Crippen LogP contribution in [-0.4, -0.2) is 46.2 Å². The van der Waals surface area contributed by atoms with Gasteiger partial charge in [0.05, 0.1) is 24.4 Å². The molecule has 0 spiro atoms. The maximum Gasteiger partial charge on any atom is 0.119 e. The van der Waals surface area contributed by atoms with Gasteiger partial charge in [-0.15, -0.1) is 37.2 Å². The number of benzene rings is 1. The van der Waals surface area contributed by atoms with Crippen molar-refractivity contribution in [2.45, 2.75) is 38.3 Å². The zero-order valence-corrected chi connectivity index (χ0v) is 21.3. The van der Waals surface area contributed by atoms with Gasteiger partial charge in [-0.3, -0.25) is 9.88 Å². The Morgan fingerprint density at radius 2 is 2.00 bits per heavy atom. The highest BCUT2D eigenvalue weighted by Crippen LogP contribution is 2.43. The average molecular weight is 513 g/mol. The average Bonchev–Trinajstić information content (AvgIpc) is 2.83. The molecule has 5 heterocycles. The van der Waals surface area contributed by atoms with Gasteiger partial charge in [0.25, 0.3) is 0 Å². The van der Waals surface area contributed by atoms with Crippen LogP contribution in [0.25, 0.3) is 22.2 Å². The summed E-state index contributed by atoms with van der Waals surface area (Å²) in [5, 5.41) is 12.6. The zero-order valence-electron chi connectivity index (χ0n) is 18.9. The predicted molar refractivity (Wildman–Crippen MR) is 140 cm³/mol. The van der Waals surface area contributed by atoms with Crippen LogP contribution < -0.4 is 4.74 Å². The van der Waals surface area contributed by atoms with E-state index in [1.165, 1.54) is 12.8 Å². The Morgan fingerprint density at radius 3 is 2.64 bits per heavy atom. The van der Waals surface area contributed by atoms with Gasteiger partial charge in [-0.05, 0) is 73.2 Å². The topological polar surface area (TPSA) is 58.5 Å². The van der Waals surface area contributed by atoms with E-state index in [9.17, 15) is 5.11 Å². The van der Waals surface area contributed by atoms with E-state index < -0.39 is 6.10 Å². The molecule has 6 rings (SSSR count). The molecule has 3 aliphatic heterocycles. The lowest BCUT2D eigenvalue weighted by atomic mass is 9.72. The van der Waals surface area contributed by atoms with E-state index in [1.54, 1.807) is 13.3 Å². The fourth-order valence-electron chi connectivity index (χ4n) is 5.44. The Balaban J connectivity index is 0.00000128. The first-order valence-corrected chi connectivity index (χ1v) is 11.0. The quantitative estimate of drug-likeness (QED) is 0.473. The third-order valence-electron chi connectivity index (χ3n) is 7.15. The van der Waals surface area contributed by atoms with Gasteiger partial charge in [-0.1, -0.05) is 13.3 Å². The Kier molecular flexibility index (Phi) is 9.77. The number of piperidine rings is 3. The molecule has 0 saturated carbocycles. The first-order chi connectivity index (χ1) is 14.7. The van der Waals surface area contributed by atoms with Gasteiger partial charge in [0, 0.05) is 35.9 Å². The van der Waals surface area contributed by atoms with Gasteiger partial charge >= 0.3 is 0 Å². The molecule has 0 aliphatic carbocycles. The Labute approximate surface area is 214 Å². The van der Waals surface area contributed by atoms with Crippen LogP contribution in [0.5, 0.6) is 5.75 Å². The molecule has 180 valence electrons. The van der Waals surface area contributed by atoms with Crippen LogP contribution in [0.2, 0.25) is 0 Å². The van der Waals surface area contributed by atoms with Gasteiger partial charge in [0.15, 0.2) is 0 Å².